The van der Waals surface area contributed by atoms with E-state index in [1.54, 1.807) is 23.9 Å². The number of aryl methyl sites for hydroxylation is 3. The van der Waals surface area contributed by atoms with E-state index in [1.807, 2.05) is 24.1 Å². The van der Waals surface area contributed by atoms with Crippen molar-refractivity contribution < 1.29 is 26.3 Å². The average Bonchev–Trinajstić information content (AvgIpc) is 3.72. The Morgan fingerprint density at radius 2 is 1.65 bits per heavy atom. The lowest BCUT2D eigenvalue weighted by Crippen LogP contribution is -2.52. The van der Waals surface area contributed by atoms with Crippen LogP contribution in [0.4, 0.5) is 32.2 Å². The first kappa shape index (κ1) is 35.0. The number of piperazine rings is 1. The van der Waals surface area contributed by atoms with Gasteiger partial charge >= 0.3 is 0 Å². The van der Waals surface area contributed by atoms with Crippen LogP contribution in [0.3, 0.4) is 0 Å². The third-order valence-electron chi connectivity index (χ3n) is 13.5. The number of hydrogen-bond acceptors (Lipinski definition) is 6. The first-order chi connectivity index (χ1) is 26.2. The predicted octanol–water partition coefficient (Wildman–Crippen LogP) is 7.92. The molecule has 2 bridgehead atoms. The summed E-state index contributed by atoms with van der Waals surface area (Å²) in [5.41, 5.74) is -0.559. The second kappa shape index (κ2) is 11.8. The minimum absolute atomic E-state index is 0.0166. The van der Waals surface area contributed by atoms with Crippen LogP contribution in [0.25, 0.3) is 43.7 Å². The Morgan fingerprint density at radius 3 is 2.31 bits per heavy atom. The fourth-order valence-corrected chi connectivity index (χ4v) is 10.3. The molecule has 1 spiro atoms. The van der Waals surface area contributed by atoms with Crippen LogP contribution in [0.5, 0.6) is 0 Å². The fourth-order valence-electron chi connectivity index (χ4n) is 10.3. The smallest absolute Gasteiger partial charge is 0.255 e. The van der Waals surface area contributed by atoms with Gasteiger partial charge in [0.15, 0.2) is 5.82 Å². The highest BCUT2D eigenvalue weighted by molar-refractivity contribution is 6.18. The van der Waals surface area contributed by atoms with Gasteiger partial charge in [0.2, 0.25) is 0 Å². The fraction of sp³-hybridized carbons (Fsp3) is 0.500. The molecule has 10 rings (SSSR count). The summed E-state index contributed by atoms with van der Waals surface area (Å²) in [5.74, 6) is -3.54. The van der Waals surface area contributed by atoms with Gasteiger partial charge < -0.3 is 15.1 Å². The molecule has 2 unspecified atom stereocenters. The molecule has 286 valence electrons. The molecule has 1 N–H and O–H groups in total. The van der Waals surface area contributed by atoms with E-state index in [9.17, 15) is 8.78 Å². The highest BCUT2D eigenvalue weighted by atomic mass is 19.3. The van der Waals surface area contributed by atoms with E-state index >= 15 is 17.6 Å². The zero-order chi connectivity index (χ0) is 38.2. The molecule has 7 nitrogen and oxygen atoms in total. The van der Waals surface area contributed by atoms with Gasteiger partial charge in [-0.25, -0.2) is 36.3 Å². The number of halogens is 6. The highest BCUT2D eigenvalue weighted by Crippen LogP contribution is 2.67. The lowest BCUT2D eigenvalue weighted by molar-refractivity contribution is 0.00976. The molecule has 5 aliphatic rings. The molecule has 3 aliphatic heterocycles. The van der Waals surface area contributed by atoms with E-state index in [0.717, 1.165) is 31.5 Å². The molecule has 3 aromatic carbocycles. The lowest BCUT2D eigenvalue weighted by atomic mass is 9.90. The van der Waals surface area contributed by atoms with Gasteiger partial charge in [0.05, 0.1) is 16.4 Å². The maximum absolute atomic E-state index is 17.8. The van der Waals surface area contributed by atoms with Crippen LogP contribution < -0.4 is 10.2 Å². The molecular weight excluding hydrogens is 716 g/mol. The third kappa shape index (κ3) is 5.23. The molecule has 3 saturated heterocycles. The molecule has 5 aromatic rings. The molecule has 0 radical (unpaired) electrons. The van der Waals surface area contributed by atoms with Crippen molar-refractivity contribution in [3.63, 3.8) is 0 Å². The normalized spacial score (nSPS) is 26.3. The number of rotatable bonds is 7. The van der Waals surface area contributed by atoms with Crippen molar-refractivity contribution in [1.82, 2.24) is 30.0 Å². The third-order valence-corrected chi connectivity index (χ3v) is 13.5. The van der Waals surface area contributed by atoms with Crippen LogP contribution in [0.1, 0.15) is 61.9 Å². The Bertz CT molecular complexity index is 2460. The van der Waals surface area contributed by atoms with Crippen molar-refractivity contribution in [2.75, 3.05) is 37.6 Å². The van der Waals surface area contributed by atoms with Crippen LogP contribution >= 0.6 is 0 Å². The first-order valence-electron chi connectivity index (χ1n) is 19.3. The van der Waals surface area contributed by atoms with Crippen molar-refractivity contribution in [2.24, 2.45) is 17.9 Å². The Labute approximate surface area is 314 Å². The summed E-state index contributed by atoms with van der Waals surface area (Å²) in [6.45, 7) is 4.16. The van der Waals surface area contributed by atoms with Gasteiger partial charge in [0, 0.05) is 86.0 Å². The summed E-state index contributed by atoms with van der Waals surface area (Å²) >= 11 is 0. The SMILES string of the molecule is C#Cc1c(F)ccc2cc(C)cc(-c3c(F)c4nc(CC[C@]5(CN6CCC7(CC6)CC7(F)F)CC5(F)F)nc(N5C6CCC5CNC6)c4c4cn(C)nc34)c12. The number of nitrogens with one attached hydrogen (secondary N) is 1. The summed E-state index contributed by atoms with van der Waals surface area (Å²) in [6.07, 6.45) is 9.86. The molecule has 5 heterocycles. The van der Waals surface area contributed by atoms with E-state index in [0.29, 0.717) is 64.4 Å². The van der Waals surface area contributed by atoms with E-state index in [2.05, 4.69) is 16.1 Å². The Kier molecular flexibility index (Phi) is 7.52. The largest absolute Gasteiger partial charge is 0.347 e. The molecule has 3 atom stereocenters. The number of benzene rings is 3. The Balaban J connectivity index is 1.11. The average molecular weight is 758 g/mol. The summed E-state index contributed by atoms with van der Waals surface area (Å²) in [6, 6.07) is 6.79. The second-order valence-electron chi connectivity index (χ2n) is 17.0. The zero-order valence-corrected chi connectivity index (χ0v) is 30.8. The van der Waals surface area contributed by atoms with Crippen molar-refractivity contribution in [3.8, 4) is 23.5 Å². The van der Waals surface area contributed by atoms with Crippen LogP contribution in [0, 0.1) is 41.7 Å². The molecule has 5 fully saturated rings. The van der Waals surface area contributed by atoms with Gasteiger partial charge in [-0.15, -0.1) is 6.42 Å². The quantitative estimate of drug-likeness (QED) is 0.135. The van der Waals surface area contributed by atoms with Crippen LogP contribution in [0.15, 0.2) is 30.5 Å². The number of hydrogen-bond donors (Lipinski definition) is 1. The van der Waals surface area contributed by atoms with Gasteiger partial charge in [-0.1, -0.05) is 24.1 Å². The predicted molar refractivity (Wildman–Crippen MR) is 199 cm³/mol. The minimum atomic E-state index is -2.92. The number of likely N-dealkylation sites (tertiary alicyclic amines) is 1. The van der Waals surface area contributed by atoms with Gasteiger partial charge in [-0.05, 0) is 74.7 Å². The van der Waals surface area contributed by atoms with Crippen molar-refractivity contribution in [3.05, 3.63) is 59.0 Å². The summed E-state index contributed by atoms with van der Waals surface area (Å²) in [4.78, 5) is 14.1. The number of terminal acetylenes is 1. The molecule has 2 aliphatic carbocycles. The highest BCUT2D eigenvalue weighted by Gasteiger charge is 2.73. The van der Waals surface area contributed by atoms with Gasteiger partial charge in [0.25, 0.3) is 11.8 Å². The van der Waals surface area contributed by atoms with Crippen molar-refractivity contribution >= 4 is 38.4 Å². The number of alkyl halides is 4. The van der Waals surface area contributed by atoms with E-state index < -0.39 is 34.3 Å². The number of piperidine rings is 1. The van der Waals surface area contributed by atoms with E-state index in [-0.39, 0.29) is 66.8 Å². The summed E-state index contributed by atoms with van der Waals surface area (Å²) in [5, 5.41) is 10.4. The second-order valence-corrected chi connectivity index (χ2v) is 17.0. The molecule has 55 heavy (non-hydrogen) atoms. The van der Waals surface area contributed by atoms with Gasteiger partial charge in [-0.2, -0.15) is 5.10 Å². The Morgan fingerprint density at radius 1 is 0.945 bits per heavy atom. The van der Waals surface area contributed by atoms with E-state index in [4.69, 9.17) is 21.5 Å². The number of aromatic nitrogens is 4. The maximum Gasteiger partial charge on any atom is 0.255 e. The topological polar surface area (TPSA) is 62.1 Å². The van der Waals surface area contributed by atoms with Crippen molar-refractivity contribution in [2.45, 2.75) is 82.2 Å². The molecule has 2 aromatic heterocycles. The number of anilines is 1. The lowest BCUT2D eigenvalue weighted by Gasteiger charge is -2.37. The maximum atomic E-state index is 17.8. The molecule has 13 heteroatoms. The van der Waals surface area contributed by atoms with Gasteiger partial charge in [-0.3, -0.25) is 4.68 Å². The molecule has 0 amide bonds. The summed E-state index contributed by atoms with van der Waals surface area (Å²) < 4.78 is 93.5. The summed E-state index contributed by atoms with van der Waals surface area (Å²) in [7, 11) is 1.76. The number of nitrogens with zero attached hydrogens (tertiary/aromatic N) is 6. The van der Waals surface area contributed by atoms with E-state index in [1.165, 1.54) is 6.07 Å². The first-order valence-corrected chi connectivity index (χ1v) is 19.3. The monoisotopic (exact) mass is 757 g/mol. The van der Waals surface area contributed by atoms with Crippen LogP contribution in [-0.2, 0) is 13.5 Å². The standard InChI is InChI=1S/C42H41F6N7/c1-4-27-30(43)8-5-24-15-23(2)16-28(32(24)27)33-35(44)37-34(29-19-53(3)52-36(29)33)38(55-25-6-7-26(55)18-49-17-25)51-31(50-37)9-10-40(21-42(40,47)48)22-54-13-11-39(12-14-54)20-41(39,45)46/h1,5,8,15-16,19,25-26,49H,6-7,9-14,17-18,20-22H2,2-3H3/t25?,26?,40-/m1/s1. The van der Waals surface area contributed by atoms with Crippen LogP contribution in [0.2, 0.25) is 0 Å². The minimum Gasteiger partial charge on any atom is -0.347 e. The molecule has 2 saturated carbocycles. The molecular formula is C42H41F6N7. The van der Waals surface area contributed by atoms with Crippen LogP contribution in [-0.4, -0.2) is 81.3 Å². The van der Waals surface area contributed by atoms with Gasteiger partial charge in [0.1, 0.15) is 28.5 Å². The van der Waals surface area contributed by atoms with Crippen molar-refractivity contribution in [1.29, 1.82) is 0 Å². The zero-order valence-electron chi connectivity index (χ0n) is 30.8. The number of fused-ring (bicyclic) bond motifs is 6. The Hall–Kier alpha value is -4.41.